The molecule has 1 N–H and O–H groups in total. The predicted molar refractivity (Wildman–Crippen MR) is 53.0 cm³/mol. The standard InChI is InChI=1S/C8H6ClNO3S/c9-7-2-1-6(14-7)4-3-5(8(11)12)13-10-4/h1-2,5H,3H2,(H,11,12)/t5-/m1/s1. The fourth-order valence-electron chi connectivity index (χ4n) is 1.12. The summed E-state index contributed by atoms with van der Waals surface area (Å²) in [7, 11) is 0. The van der Waals surface area contributed by atoms with Gasteiger partial charge in [-0.05, 0) is 12.1 Å². The van der Waals surface area contributed by atoms with Gasteiger partial charge < -0.3 is 9.94 Å². The van der Waals surface area contributed by atoms with Gasteiger partial charge in [0.1, 0.15) is 5.71 Å². The molecule has 0 fully saturated rings. The Morgan fingerprint density at radius 1 is 1.71 bits per heavy atom. The molecule has 1 aliphatic heterocycles. The number of carbonyl (C=O) groups is 1. The van der Waals surface area contributed by atoms with Crippen LogP contribution in [-0.2, 0) is 9.63 Å². The lowest BCUT2D eigenvalue weighted by Gasteiger charge is -1.98. The van der Waals surface area contributed by atoms with Crippen molar-refractivity contribution in [3.05, 3.63) is 21.3 Å². The van der Waals surface area contributed by atoms with Gasteiger partial charge >= 0.3 is 5.97 Å². The summed E-state index contributed by atoms with van der Waals surface area (Å²) in [5.41, 5.74) is 0.648. The Balaban J connectivity index is 2.12. The first kappa shape index (κ1) is 9.48. The second kappa shape index (κ2) is 3.59. The third kappa shape index (κ3) is 1.73. The number of rotatable bonds is 2. The Labute approximate surface area is 88.7 Å². The smallest absolute Gasteiger partial charge is 0.348 e. The average molecular weight is 232 g/mol. The number of hydrogen-bond acceptors (Lipinski definition) is 4. The predicted octanol–water partition coefficient (Wildman–Crippen LogP) is 1.98. The van der Waals surface area contributed by atoms with Crippen LogP contribution in [0.25, 0.3) is 0 Å². The van der Waals surface area contributed by atoms with Crippen LogP contribution in [0.15, 0.2) is 17.3 Å². The fourth-order valence-corrected chi connectivity index (χ4v) is 2.16. The number of carboxylic acids is 1. The molecule has 2 rings (SSSR count). The van der Waals surface area contributed by atoms with E-state index in [2.05, 4.69) is 5.16 Å². The van der Waals surface area contributed by atoms with Crippen LogP contribution in [0, 0.1) is 0 Å². The Kier molecular flexibility index (Phi) is 2.43. The quantitative estimate of drug-likeness (QED) is 0.847. The van der Waals surface area contributed by atoms with Crippen LogP contribution < -0.4 is 0 Å². The highest BCUT2D eigenvalue weighted by Crippen LogP contribution is 2.26. The van der Waals surface area contributed by atoms with Crippen LogP contribution in [0.2, 0.25) is 4.34 Å². The molecule has 0 aromatic carbocycles. The highest BCUT2D eigenvalue weighted by atomic mass is 35.5. The fraction of sp³-hybridized carbons (Fsp3) is 0.250. The van der Waals surface area contributed by atoms with Crippen molar-refractivity contribution in [2.24, 2.45) is 5.16 Å². The molecular formula is C8H6ClNO3S. The summed E-state index contributed by atoms with van der Waals surface area (Å²) in [5.74, 6) is -0.994. The van der Waals surface area contributed by atoms with Gasteiger partial charge in [0.25, 0.3) is 0 Å². The van der Waals surface area contributed by atoms with Crippen LogP contribution in [0.1, 0.15) is 11.3 Å². The number of oxime groups is 1. The first-order valence-corrected chi connectivity index (χ1v) is 5.07. The van der Waals surface area contributed by atoms with Gasteiger partial charge in [0, 0.05) is 6.42 Å². The lowest BCUT2D eigenvalue weighted by Crippen LogP contribution is -2.19. The van der Waals surface area contributed by atoms with Crippen molar-refractivity contribution in [3.63, 3.8) is 0 Å². The van der Waals surface area contributed by atoms with E-state index >= 15 is 0 Å². The Bertz CT molecular complexity index is 401. The van der Waals surface area contributed by atoms with E-state index in [4.69, 9.17) is 21.5 Å². The van der Waals surface area contributed by atoms with E-state index in [-0.39, 0.29) is 0 Å². The van der Waals surface area contributed by atoms with Crippen molar-refractivity contribution >= 4 is 34.6 Å². The van der Waals surface area contributed by atoms with Crippen molar-refractivity contribution in [2.75, 3.05) is 0 Å². The summed E-state index contributed by atoms with van der Waals surface area (Å²) in [6.45, 7) is 0. The molecule has 0 aliphatic carbocycles. The number of carboxylic acid groups (broad SMARTS) is 1. The molecule has 0 unspecified atom stereocenters. The van der Waals surface area contributed by atoms with E-state index in [9.17, 15) is 4.79 Å². The molecule has 1 aromatic rings. The van der Waals surface area contributed by atoms with Gasteiger partial charge in [0.15, 0.2) is 0 Å². The molecule has 0 radical (unpaired) electrons. The third-order valence-electron chi connectivity index (χ3n) is 1.80. The van der Waals surface area contributed by atoms with Crippen LogP contribution in [0.4, 0.5) is 0 Å². The van der Waals surface area contributed by atoms with Crippen LogP contribution in [0.5, 0.6) is 0 Å². The third-order valence-corrected chi connectivity index (χ3v) is 3.08. The zero-order chi connectivity index (χ0) is 10.1. The summed E-state index contributed by atoms with van der Waals surface area (Å²) in [4.78, 5) is 16.2. The van der Waals surface area contributed by atoms with Gasteiger partial charge in [0.05, 0.1) is 9.21 Å². The van der Waals surface area contributed by atoms with Crippen molar-refractivity contribution in [3.8, 4) is 0 Å². The van der Waals surface area contributed by atoms with Gasteiger partial charge in [0.2, 0.25) is 6.10 Å². The van der Waals surface area contributed by atoms with Crippen molar-refractivity contribution in [2.45, 2.75) is 12.5 Å². The van der Waals surface area contributed by atoms with Crippen LogP contribution in [-0.4, -0.2) is 22.9 Å². The maximum atomic E-state index is 10.6. The topological polar surface area (TPSA) is 58.9 Å². The van der Waals surface area contributed by atoms with E-state index in [0.717, 1.165) is 4.88 Å². The molecule has 6 heteroatoms. The SMILES string of the molecule is O=C(O)[C@H]1CC(c2ccc(Cl)s2)=NO1. The van der Waals surface area contributed by atoms with Gasteiger partial charge in [-0.3, -0.25) is 0 Å². The van der Waals surface area contributed by atoms with Crippen molar-refractivity contribution in [1.82, 2.24) is 0 Å². The maximum Gasteiger partial charge on any atom is 0.348 e. The van der Waals surface area contributed by atoms with Gasteiger partial charge in [-0.25, -0.2) is 4.79 Å². The first-order valence-electron chi connectivity index (χ1n) is 3.88. The average Bonchev–Trinajstić information content (AvgIpc) is 2.70. The van der Waals surface area contributed by atoms with E-state index in [1.165, 1.54) is 11.3 Å². The van der Waals surface area contributed by atoms with Crippen LogP contribution in [0.3, 0.4) is 0 Å². The number of aliphatic carboxylic acids is 1. The molecule has 74 valence electrons. The Hall–Kier alpha value is -1.07. The zero-order valence-electron chi connectivity index (χ0n) is 6.94. The molecular weight excluding hydrogens is 226 g/mol. The molecule has 0 spiro atoms. The van der Waals surface area contributed by atoms with E-state index in [1.807, 2.05) is 0 Å². The van der Waals surface area contributed by atoms with E-state index in [0.29, 0.717) is 16.5 Å². The summed E-state index contributed by atoms with van der Waals surface area (Å²) < 4.78 is 0.654. The highest BCUT2D eigenvalue weighted by Gasteiger charge is 2.28. The monoisotopic (exact) mass is 231 g/mol. The molecule has 14 heavy (non-hydrogen) atoms. The maximum absolute atomic E-state index is 10.6. The Morgan fingerprint density at radius 2 is 2.50 bits per heavy atom. The van der Waals surface area contributed by atoms with Gasteiger partial charge in [-0.15, -0.1) is 11.3 Å². The Morgan fingerprint density at radius 3 is 3.00 bits per heavy atom. The van der Waals surface area contributed by atoms with Crippen molar-refractivity contribution in [1.29, 1.82) is 0 Å². The number of thiophene rings is 1. The summed E-state index contributed by atoms with van der Waals surface area (Å²) >= 11 is 7.10. The molecule has 1 aliphatic rings. The van der Waals surface area contributed by atoms with E-state index < -0.39 is 12.1 Å². The van der Waals surface area contributed by atoms with E-state index in [1.54, 1.807) is 12.1 Å². The molecule has 1 aromatic heterocycles. The second-order valence-corrected chi connectivity index (χ2v) is 4.49. The minimum absolute atomic E-state index is 0.298. The number of nitrogens with zero attached hydrogens (tertiary/aromatic N) is 1. The molecule has 4 nitrogen and oxygen atoms in total. The second-order valence-electron chi connectivity index (χ2n) is 2.78. The molecule has 1 atom stereocenters. The van der Waals surface area contributed by atoms with Crippen LogP contribution >= 0.6 is 22.9 Å². The lowest BCUT2D eigenvalue weighted by atomic mass is 10.1. The highest BCUT2D eigenvalue weighted by molar-refractivity contribution is 7.18. The normalized spacial score (nSPS) is 20.4. The molecule has 2 heterocycles. The number of hydrogen-bond donors (Lipinski definition) is 1. The lowest BCUT2D eigenvalue weighted by molar-refractivity contribution is -0.148. The summed E-state index contributed by atoms with van der Waals surface area (Å²) in [5, 5.41) is 12.4. The molecule has 0 amide bonds. The molecule has 0 saturated carbocycles. The first-order chi connectivity index (χ1) is 6.66. The van der Waals surface area contributed by atoms with Gasteiger partial charge in [-0.2, -0.15) is 0 Å². The molecule has 0 bridgehead atoms. The molecule has 0 saturated heterocycles. The summed E-state index contributed by atoms with van der Waals surface area (Å²) in [6, 6.07) is 3.55. The van der Waals surface area contributed by atoms with Gasteiger partial charge in [-0.1, -0.05) is 16.8 Å². The minimum Gasteiger partial charge on any atom is -0.478 e. The minimum atomic E-state index is -0.994. The number of halogens is 1. The zero-order valence-corrected chi connectivity index (χ0v) is 8.51. The largest absolute Gasteiger partial charge is 0.478 e. The van der Waals surface area contributed by atoms with Crippen molar-refractivity contribution < 1.29 is 14.7 Å². The summed E-state index contributed by atoms with van der Waals surface area (Å²) in [6.07, 6.45) is -0.558.